The van der Waals surface area contributed by atoms with Gasteiger partial charge in [0.2, 0.25) is 0 Å². The molecule has 5 rings (SSSR count). The molecule has 0 aliphatic carbocycles. The van der Waals surface area contributed by atoms with Gasteiger partial charge in [-0.15, -0.1) is 11.3 Å². The quantitative estimate of drug-likeness (QED) is 0.449. The first-order valence-electron chi connectivity index (χ1n) is 9.32. The molecule has 1 atom stereocenters. The van der Waals surface area contributed by atoms with E-state index in [0.29, 0.717) is 45.4 Å². The van der Waals surface area contributed by atoms with E-state index in [1.54, 1.807) is 30.5 Å². The Hall–Kier alpha value is -2.32. The Bertz CT molecular complexity index is 1420. The summed E-state index contributed by atoms with van der Waals surface area (Å²) in [6, 6.07) is 9.18. The number of halogens is 2. The average molecular weight is 462 g/mol. The molecule has 1 aliphatic rings. The lowest BCUT2D eigenvalue weighted by Crippen LogP contribution is -2.37. The molecular formula is C21H17Cl2N3O3S. The molecular weight excluding hydrogens is 445 g/mol. The highest BCUT2D eigenvalue weighted by Crippen LogP contribution is 2.43. The number of rotatable bonds is 2. The third-order valence-electron chi connectivity index (χ3n) is 5.54. The molecule has 4 aromatic rings. The van der Waals surface area contributed by atoms with E-state index >= 15 is 0 Å². The lowest BCUT2D eigenvalue weighted by Gasteiger charge is -2.26. The van der Waals surface area contributed by atoms with Gasteiger partial charge < -0.3 is 9.30 Å². The van der Waals surface area contributed by atoms with Gasteiger partial charge in [0.25, 0.3) is 5.56 Å². The summed E-state index contributed by atoms with van der Waals surface area (Å²) in [4.78, 5) is 27.1. The Labute approximate surface area is 185 Å². The largest absolute Gasteiger partial charge is 0.364 e. The molecule has 1 aromatic carbocycles. The number of aryl methyl sites for hydroxylation is 1. The van der Waals surface area contributed by atoms with E-state index in [0.717, 1.165) is 15.1 Å². The summed E-state index contributed by atoms with van der Waals surface area (Å²) in [6.07, 6.45) is -0.376. The van der Waals surface area contributed by atoms with E-state index in [2.05, 4.69) is 4.57 Å². The average Bonchev–Trinajstić information content (AvgIpc) is 3.37. The van der Waals surface area contributed by atoms with Gasteiger partial charge in [0.15, 0.2) is 0 Å². The van der Waals surface area contributed by atoms with Gasteiger partial charge in [0.1, 0.15) is 6.10 Å². The SMILES string of the molecule is Cn1c(=O)c2c(-c3ccc(Cl)cc3Cl)n3c(c2n(C)c1=O)[C@H](c1cccs1)OCC3. The molecule has 0 saturated carbocycles. The molecule has 0 bridgehead atoms. The monoisotopic (exact) mass is 461 g/mol. The van der Waals surface area contributed by atoms with Gasteiger partial charge in [0.05, 0.1) is 33.9 Å². The molecule has 0 spiro atoms. The van der Waals surface area contributed by atoms with Gasteiger partial charge in [-0.2, -0.15) is 0 Å². The van der Waals surface area contributed by atoms with Crippen molar-refractivity contribution in [3.05, 3.63) is 77.2 Å². The van der Waals surface area contributed by atoms with Crippen LogP contribution in [0.2, 0.25) is 10.0 Å². The van der Waals surface area contributed by atoms with Crippen molar-refractivity contribution in [3.63, 3.8) is 0 Å². The number of benzene rings is 1. The summed E-state index contributed by atoms with van der Waals surface area (Å²) < 4.78 is 10.8. The van der Waals surface area contributed by atoms with Crippen LogP contribution in [-0.4, -0.2) is 20.3 Å². The van der Waals surface area contributed by atoms with Crippen molar-refractivity contribution in [2.24, 2.45) is 14.1 Å². The van der Waals surface area contributed by atoms with Crippen LogP contribution in [-0.2, 0) is 25.4 Å². The lowest BCUT2D eigenvalue weighted by atomic mass is 10.1. The summed E-state index contributed by atoms with van der Waals surface area (Å²) in [5.74, 6) is 0. The number of hydrogen-bond acceptors (Lipinski definition) is 4. The van der Waals surface area contributed by atoms with Gasteiger partial charge in [-0.25, -0.2) is 4.79 Å². The van der Waals surface area contributed by atoms with Crippen LogP contribution in [0.5, 0.6) is 0 Å². The highest BCUT2D eigenvalue weighted by atomic mass is 35.5. The molecule has 4 heterocycles. The van der Waals surface area contributed by atoms with E-state index in [-0.39, 0.29) is 17.4 Å². The summed E-state index contributed by atoms with van der Waals surface area (Å²) in [5, 5.41) is 3.39. The van der Waals surface area contributed by atoms with E-state index in [9.17, 15) is 9.59 Å². The van der Waals surface area contributed by atoms with Crippen LogP contribution in [0.3, 0.4) is 0 Å². The molecule has 0 radical (unpaired) electrons. The van der Waals surface area contributed by atoms with Gasteiger partial charge in [0, 0.05) is 36.1 Å². The molecule has 3 aromatic heterocycles. The summed E-state index contributed by atoms with van der Waals surface area (Å²) >= 11 is 14.2. The van der Waals surface area contributed by atoms with Crippen molar-refractivity contribution in [2.45, 2.75) is 12.6 Å². The molecule has 9 heteroatoms. The minimum Gasteiger partial charge on any atom is -0.364 e. The van der Waals surface area contributed by atoms with Crippen LogP contribution in [0.4, 0.5) is 0 Å². The van der Waals surface area contributed by atoms with E-state index in [1.807, 2.05) is 23.6 Å². The van der Waals surface area contributed by atoms with Gasteiger partial charge in [-0.05, 0) is 29.6 Å². The van der Waals surface area contributed by atoms with Crippen molar-refractivity contribution >= 4 is 45.4 Å². The summed E-state index contributed by atoms with van der Waals surface area (Å²) in [5.41, 5.74) is 1.99. The topological polar surface area (TPSA) is 58.2 Å². The molecule has 154 valence electrons. The number of hydrogen-bond donors (Lipinski definition) is 0. The fourth-order valence-electron chi connectivity index (χ4n) is 4.20. The van der Waals surface area contributed by atoms with Gasteiger partial charge >= 0.3 is 5.69 Å². The molecule has 0 unspecified atom stereocenters. The fourth-order valence-corrected chi connectivity index (χ4v) is 5.47. The molecule has 0 N–H and O–H groups in total. The third-order valence-corrected chi connectivity index (χ3v) is 7.00. The first kappa shape index (κ1) is 19.6. The van der Waals surface area contributed by atoms with Gasteiger partial charge in [-0.3, -0.25) is 13.9 Å². The first-order valence-corrected chi connectivity index (χ1v) is 11.0. The Morgan fingerprint density at radius 1 is 1.13 bits per heavy atom. The lowest BCUT2D eigenvalue weighted by molar-refractivity contribution is 0.0500. The number of nitrogens with zero attached hydrogens (tertiary/aromatic N) is 3. The van der Waals surface area contributed by atoms with Crippen LogP contribution in [0, 0.1) is 0 Å². The number of fused-ring (bicyclic) bond motifs is 3. The fraction of sp³-hybridized carbons (Fsp3) is 0.238. The van der Waals surface area contributed by atoms with Crippen LogP contribution in [0.1, 0.15) is 16.7 Å². The number of ether oxygens (including phenoxy) is 1. The Morgan fingerprint density at radius 3 is 2.63 bits per heavy atom. The molecule has 1 aliphatic heterocycles. The predicted octanol–water partition coefficient (Wildman–Crippen LogP) is 4.19. The minimum absolute atomic E-state index is 0.360. The van der Waals surface area contributed by atoms with E-state index < -0.39 is 0 Å². The molecule has 0 saturated heterocycles. The minimum atomic E-state index is -0.384. The number of thiophene rings is 1. The number of aromatic nitrogens is 3. The maximum Gasteiger partial charge on any atom is 0.331 e. The van der Waals surface area contributed by atoms with Crippen molar-refractivity contribution in [3.8, 4) is 11.3 Å². The second-order valence-corrected chi connectivity index (χ2v) is 9.03. The summed E-state index contributed by atoms with van der Waals surface area (Å²) in [6.45, 7) is 1.01. The van der Waals surface area contributed by atoms with Crippen LogP contribution in [0.25, 0.3) is 22.2 Å². The zero-order valence-electron chi connectivity index (χ0n) is 16.2. The molecule has 0 amide bonds. The Morgan fingerprint density at radius 2 is 1.93 bits per heavy atom. The van der Waals surface area contributed by atoms with Crippen LogP contribution < -0.4 is 11.2 Å². The maximum absolute atomic E-state index is 13.3. The zero-order chi connectivity index (χ0) is 21.2. The predicted molar refractivity (Wildman–Crippen MR) is 120 cm³/mol. The standard InChI is InChI=1S/C21H17Cl2N3O3S/c1-24-17-15(20(27)25(2)21(24)28)16(12-6-5-11(22)10-13(12)23)26-7-8-29-19(18(17)26)14-4-3-9-30-14/h3-6,9-10,19H,7-8H2,1-2H3/t19-/m0/s1. The van der Waals surface area contributed by atoms with Crippen LogP contribution in [0.15, 0.2) is 45.3 Å². The molecule has 6 nitrogen and oxygen atoms in total. The first-order chi connectivity index (χ1) is 14.4. The van der Waals surface area contributed by atoms with Crippen LogP contribution >= 0.6 is 34.5 Å². The highest BCUT2D eigenvalue weighted by Gasteiger charge is 2.33. The third kappa shape index (κ3) is 2.73. The van der Waals surface area contributed by atoms with Crippen molar-refractivity contribution in [1.29, 1.82) is 0 Å². The smallest absolute Gasteiger partial charge is 0.331 e. The Balaban J connectivity index is 1.99. The van der Waals surface area contributed by atoms with E-state index in [4.69, 9.17) is 27.9 Å². The second-order valence-electron chi connectivity index (χ2n) is 7.21. The van der Waals surface area contributed by atoms with E-state index in [1.165, 1.54) is 11.6 Å². The maximum atomic E-state index is 13.3. The van der Waals surface area contributed by atoms with Crippen molar-refractivity contribution in [1.82, 2.24) is 13.7 Å². The highest BCUT2D eigenvalue weighted by molar-refractivity contribution is 7.10. The van der Waals surface area contributed by atoms with Gasteiger partial charge in [-0.1, -0.05) is 29.3 Å². The zero-order valence-corrected chi connectivity index (χ0v) is 18.5. The molecule has 30 heavy (non-hydrogen) atoms. The van der Waals surface area contributed by atoms with Crippen molar-refractivity contribution in [2.75, 3.05) is 6.61 Å². The Kier molecular flexibility index (Phi) is 4.67. The normalized spacial score (nSPS) is 16.2. The molecule has 0 fully saturated rings. The van der Waals surface area contributed by atoms with Crippen molar-refractivity contribution < 1.29 is 4.74 Å². The summed E-state index contributed by atoms with van der Waals surface area (Å²) in [7, 11) is 3.17. The second kappa shape index (κ2) is 7.13.